The molecule has 1 aliphatic rings. The van der Waals surface area contributed by atoms with Crippen LogP contribution in [0.15, 0.2) is 18.2 Å². The van der Waals surface area contributed by atoms with E-state index in [-0.39, 0.29) is 0 Å². The van der Waals surface area contributed by atoms with Crippen molar-refractivity contribution in [2.24, 2.45) is 0 Å². The van der Waals surface area contributed by atoms with Crippen molar-refractivity contribution >= 4 is 11.0 Å². The molecule has 1 unspecified atom stereocenters. The molecule has 0 bridgehead atoms. The van der Waals surface area contributed by atoms with Gasteiger partial charge in [-0.2, -0.15) is 0 Å². The number of benzene rings is 1. The maximum Gasteiger partial charge on any atom is 0.127 e. The maximum atomic E-state index is 5.29. The zero-order chi connectivity index (χ0) is 13.2. The first-order chi connectivity index (χ1) is 9.33. The molecule has 1 aromatic carbocycles. The van der Waals surface area contributed by atoms with Gasteiger partial charge in [-0.1, -0.05) is 6.42 Å². The number of rotatable bonds is 3. The third-order valence-electron chi connectivity index (χ3n) is 3.92. The van der Waals surface area contributed by atoms with Crippen LogP contribution in [0.2, 0.25) is 0 Å². The third-order valence-corrected chi connectivity index (χ3v) is 3.92. The summed E-state index contributed by atoms with van der Waals surface area (Å²) >= 11 is 0. The molecule has 19 heavy (non-hydrogen) atoms. The average molecular weight is 259 g/mol. The van der Waals surface area contributed by atoms with Gasteiger partial charge in [-0.05, 0) is 38.4 Å². The Balaban J connectivity index is 2.07. The van der Waals surface area contributed by atoms with Gasteiger partial charge in [0.05, 0.1) is 24.2 Å². The number of aromatic nitrogens is 2. The molecular formula is C15H21N3O. The van der Waals surface area contributed by atoms with E-state index in [9.17, 15) is 0 Å². The second-order valence-electron chi connectivity index (χ2n) is 5.07. The highest BCUT2D eigenvalue weighted by atomic mass is 16.5. The summed E-state index contributed by atoms with van der Waals surface area (Å²) in [7, 11) is 1.70. The summed E-state index contributed by atoms with van der Waals surface area (Å²) in [6.07, 6.45) is 3.74. The van der Waals surface area contributed by atoms with Gasteiger partial charge in [0.1, 0.15) is 11.6 Å². The van der Waals surface area contributed by atoms with Crippen LogP contribution < -0.4 is 10.1 Å². The molecule has 102 valence electrons. The lowest BCUT2D eigenvalue weighted by atomic mass is 10.0. The zero-order valence-corrected chi connectivity index (χ0v) is 11.6. The van der Waals surface area contributed by atoms with E-state index in [0.717, 1.165) is 24.4 Å². The van der Waals surface area contributed by atoms with E-state index < -0.39 is 0 Å². The first-order valence-electron chi connectivity index (χ1n) is 7.11. The van der Waals surface area contributed by atoms with Crippen molar-refractivity contribution in [3.05, 3.63) is 24.0 Å². The smallest absolute Gasteiger partial charge is 0.127 e. The summed E-state index contributed by atoms with van der Waals surface area (Å²) in [5, 5.41) is 3.59. The zero-order valence-electron chi connectivity index (χ0n) is 11.6. The minimum atomic E-state index is 0.395. The van der Waals surface area contributed by atoms with Gasteiger partial charge in [-0.25, -0.2) is 4.98 Å². The monoisotopic (exact) mass is 259 g/mol. The minimum Gasteiger partial charge on any atom is -0.497 e. The Bertz CT molecular complexity index is 570. The maximum absolute atomic E-state index is 5.29. The molecule has 3 rings (SSSR count). The molecule has 1 aromatic heterocycles. The largest absolute Gasteiger partial charge is 0.497 e. The highest BCUT2D eigenvalue weighted by Gasteiger charge is 2.21. The van der Waals surface area contributed by atoms with E-state index in [2.05, 4.69) is 22.9 Å². The van der Waals surface area contributed by atoms with E-state index in [1.54, 1.807) is 7.11 Å². The van der Waals surface area contributed by atoms with E-state index in [4.69, 9.17) is 9.72 Å². The van der Waals surface area contributed by atoms with E-state index in [1.165, 1.54) is 30.6 Å². The van der Waals surface area contributed by atoms with Gasteiger partial charge in [0.2, 0.25) is 0 Å². The molecule has 4 nitrogen and oxygen atoms in total. The summed E-state index contributed by atoms with van der Waals surface area (Å²) < 4.78 is 7.60. The van der Waals surface area contributed by atoms with Gasteiger partial charge in [-0.3, -0.25) is 0 Å². The Kier molecular flexibility index (Phi) is 3.42. The lowest BCUT2D eigenvalue weighted by molar-refractivity contribution is 0.388. The molecule has 1 aliphatic heterocycles. The van der Waals surface area contributed by atoms with Crippen LogP contribution in [0.5, 0.6) is 5.75 Å². The number of methoxy groups -OCH3 is 1. The summed E-state index contributed by atoms with van der Waals surface area (Å²) in [6, 6.07) is 6.53. The van der Waals surface area contributed by atoms with Crippen LogP contribution in [0.3, 0.4) is 0 Å². The van der Waals surface area contributed by atoms with Crippen LogP contribution in [-0.2, 0) is 6.54 Å². The van der Waals surface area contributed by atoms with Crippen molar-refractivity contribution in [1.29, 1.82) is 0 Å². The van der Waals surface area contributed by atoms with Crippen molar-refractivity contribution < 1.29 is 4.74 Å². The van der Waals surface area contributed by atoms with Crippen molar-refractivity contribution in [3.63, 3.8) is 0 Å². The topological polar surface area (TPSA) is 39.1 Å². The Labute approximate surface area is 113 Å². The van der Waals surface area contributed by atoms with E-state index in [0.29, 0.717) is 6.04 Å². The standard InChI is InChI=1S/C15H21N3O/c1-3-18-14-8-7-11(19-2)10-13(14)17-15(18)12-6-4-5-9-16-12/h7-8,10,12,16H,3-6,9H2,1-2H3. The number of piperidine rings is 1. The quantitative estimate of drug-likeness (QED) is 0.921. The molecule has 2 heterocycles. The van der Waals surface area contributed by atoms with Crippen molar-refractivity contribution in [1.82, 2.24) is 14.9 Å². The van der Waals surface area contributed by atoms with Gasteiger partial charge in [0.15, 0.2) is 0 Å². The lowest BCUT2D eigenvalue weighted by Crippen LogP contribution is -2.29. The van der Waals surface area contributed by atoms with Crippen LogP contribution in [0, 0.1) is 0 Å². The molecule has 1 atom stereocenters. The third kappa shape index (κ3) is 2.21. The van der Waals surface area contributed by atoms with Gasteiger partial charge < -0.3 is 14.6 Å². The van der Waals surface area contributed by atoms with Crippen molar-refractivity contribution in [3.8, 4) is 5.75 Å². The van der Waals surface area contributed by atoms with Gasteiger partial charge in [0, 0.05) is 12.6 Å². The second kappa shape index (κ2) is 5.21. The molecule has 1 fully saturated rings. The Morgan fingerprint density at radius 2 is 2.32 bits per heavy atom. The lowest BCUT2D eigenvalue weighted by Gasteiger charge is -2.23. The number of ether oxygens (including phenoxy) is 1. The van der Waals surface area contributed by atoms with Gasteiger partial charge in [0.25, 0.3) is 0 Å². The predicted octanol–water partition coefficient (Wildman–Crippen LogP) is 2.88. The number of imidazole rings is 1. The first kappa shape index (κ1) is 12.5. The van der Waals surface area contributed by atoms with Gasteiger partial charge >= 0.3 is 0 Å². The summed E-state index contributed by atoms with van der Waals surface area (Å²) in [6.45, 7) is 4.23. The van der Waals surface area contributed by atoms with Crippen LogP contribution in [0.1, 0.15) is 38.1 Å². The van der Waals surface area contributed by atoms with Gasteiger partial charge in [-0.15, -0.1) is 0 Å². The van der Waals surface area contributed by atoms with Crippen LogP contribution in [0.4, 0.5) is 0 Å². The highest BCUT2D eigenvalue weighted by molar-refractivity contribution is 5.78. The van der Waals surface area contributed by atoms with Crippen LogP contribution >= 0.6 is 0 Å². The number of hydrogen-bond acceptors (Lipinski definition) is 3. The number of nitrogens with zero attached hydrogens (tertiary/aromatic N) is 2. The molecule has 0 aliphatic carbocycles. The molecule has 0 saturated carbocycles. The molecular weight excluding hydrogens is 238 g/mol. The Hall–Kier alpha value is -1.55. The second-order valence-corrected chi connectivity index (χ2v) is 5.07. The van der Waals surface area contributed by atoms with Crippen molar-refractivity contribution in [2.45, 2.75) is 38.8 Å². The molecule has 2 aromatic rings. The molecule has 4 heteroatoms. The highest BCUT2D eigenvalue weighted by Crippen LogP contribution is 2.28. The fourth-order valence-corrected chi connectivity index (χ4v) is 2.93. The number of aryl methyl sites for hydroxylation is 1. The molecule has 0 spiro atoms. The van der Waals surface area contributed by atoms with Crippen molar-refractivity contribution in [2.75, 3.05) is 13.7 Å². The Morgan fingerprint density at radius 3 is 3.00 bits per heavy atom. The number of hydrogen-bond donors (Lipinski definition) is 1. The fourth-order valence-electron chi connectivity index (χ4n) is 2.93. The summed E-state index contributed by atoms with van der Waals surface area (Å²) in [5.74, 6) is 2.04. The molecule has 0 amide bonds. The minimum absolute atomic E-state index is 0.395. The average Bonchev–Trinajstić information content (AvgIpc) is 2.85. The van der Waals surface area contributed by atoms with E-state index >= 15 is 0 Å². The first-order valence-corrected chi connectivity index (χ1v) is 7.11. The summed E-state index contributed by atoms with van der Waals surface area (Å²) in [5.41, 5.74) is 2.23. The van der Waals surface area contributed by atoms with Crippen LogP contribution in [-0.4, -0.2) is 23.2 Å². The normalized spacial score (nSPS) is 19.8. The van der Waals surface area contributed by atoms with E-state index in [1.807, 2.05) is 12.1 Å². The number of fused-ring (bicyclic) bond motifs is 1. The molecule has 1 saturated heterocycles. The fraction of sp³-hybridized carbons (Fsp3) is 0.533. The Morgan fingerprint density at radius 1 is 1.42 bits per heavy atom. The summed E-state index contributed by atoms with van der Waals surface area (Å²) in [4.78, 5) is 4.84. The SMILES string of the molecule is CCn1c(C2CCCCN2)nc2cc(OC)ccc21. The van der Waals surface area contributed by atoms with Crippen LogP contribution in [0.25, 0.3) is 11.0 Å². The number of nitrogens with one attached hydrogen (secondary N) is 1. The predicted molar refractivity (Wildman–Crippen MR) is 76.6 cm³/mol. The molecule has 1 N–H and O–H groups in total. The molecule has 0 radical (unpaired) electrons.